The Bertz CT molecular complexity index is 1300. The highest BCUT2D eigenvalue weighted by atomic mass is 16.5. The van der Waals surface area contributed by atoms with Crippen LogP contribution in [0.15, 0.2) is 55.0 Å². The predicted octanol–water partition coefficient (Wildman–Crippen LogP) is 4.25. The summed E-state index contributed by atoms with van der Waals surface area (Å²) < 4.78 is 7.06. The summed E-state index contributed by atoms with van der Waals surface area (Å²) in [5.74, 6) is 0.0108. The lowest BCUT2D eigenvalue weighted by Gasteiger charge is -2.32. The molecule has 3 aromatic rings. The van der Waals surface area contributed by atoms with Gasteiger partial charge in [0.05, 0.1) is 19.4 Å². The Morgan fingerprint density at radius 3 is 2.47 bits per heavy atom. The van der Waals surface area contributed by atoms with Crippen molar-refractivity contribution in [3.63, 3.8) is 0 Å². The fraction of sp³-hybridized carbons (Fsp3) is 0.357. The van der Waals surface area contributed by atoms with E-state index < -0.39 is 11.6 Å². The highest BCUT2D eigenvalue weighted by molar-refractivity contribution is 6.02. The zero-order valence-electron chi connectivity index (χ0n) is 22.2. The zero-order valence-corrected chi connectivity index (χ0v) is 22.2. The number of rotatable bonds is 7. The van der Waals surface area contributed by atoms with Crippen molar-refractivity contribution in [3.8, 4) is 11.1 Å². The first-order valence-electron chi connectivity index (χ1n) is 12.5. The van der Waals surface area contributed by atoms with Crippen molar-refractivity contribution in [1.29, 1.82) is 0 Å². The number of carboxylic acid groups (broad SMARTS) is 1. The maximum Gasteiger partial charge on any atom is 0.413 e. The largest absolute Gasteiger partial charge is 0.465 e. The van der Waals surface area contributed by atoms with Crippen LogP contribution in [0.4, 0.5) is 16.3 Å². The molecule has 0 spiro atoms. The highest BCUT2D eigenvalue weighted by Gasteiger charge is 2.29. The van der Waals surface area contributed by atoms with Gasteiger partial charge in [0.15, 0.2) is 0 Å². The number of morpholine rings is 1. The van der Waals surface area contributed by atoms with E-state index in [1.54, 1.807) is 57.0 Å². The average molecular weight is 519 g/mol. The standard InChI is InChI=1S/C28H34N6O4/c1-28(2,3)34(27(36)37)25-15-24(22-17-30-32(4)19-22)21(16-29-25)7-10-26(35)31-23-8-5-20(6-9-23)18-33-11-13-38-14-12-33/h5-10,15-17,19H,11-14,18H2,1-4H3,(H,31,35)(H,36,37). The van der Waals surface area contributed by atoms with Gasteiger partial charge in [-0.05, 0) is 56.2 Å². The van der Waals surface area contributed by atoms with E-state index in [1.165, 1.54) is 16.5 Å². The summed E-state index contributed by atoms with van der Waals surface area (Å²) in [6, 6.07) is 9.53. The van der Waals surface area contributed by atoms with E-state index in [1.807, 2.05) is 30.5 Å². The number of hydrogen-bond donors (Lipinski definition) is 2. The van der Waals surface area contributed by atoms with E-state index in [0.29, 0.717) is 17.1 Å². The molecule has 0 unspecified atom stereocenters. The molecule has 2 amide bonds. The minimum Gasteiger partial charge on any atom is -0.465 e. The molecule has 38 heavy (non-hydrogen) atoms. The lowest BCUT2D eigenvalue weighted by Crippen LogP contribution is -2.45. The molecular weight excluding hydrogens is 484 g/mol. The third-order valence-electron chi connectivity index (χ3n) is 6.17. The second kappa shape index (κ2) is 11.6. The molecule has 1 fully saturated rings. The van der Waals surface area contributed by atoms with Crippen LogP contribution in [0, 0.1) is 0 Å². The van der Waals surface area contributed by atoms with E-state index in [9.17, 15) is 14.7 Å². The van der Waals surface area contributed by atoms with Crippen LogP contribution in [0.3, 0.4) is 0 Å². The van der Waals surface area contributed by atoms with Crippen LogP contribution in [-0.4, -0.2) is 68.6 Å². The lowest BCUT2D eigenvalue weighted by atomic mass is 10.0. The molecule has 0 atom stereocenters. The second-order valence-electron chi connectivity index (χ2n) is 10.2. The minimum absolute atomic E-state index is 0.283. The topological polar surface area (TPSA) is 113 Å². The smallest absolute Gasteiger partial charge is 0.413 e. The van der Waals surface area contributed by atoms with Crippen molar-refractivity contribution >= 4 is 29.6 Å². The van der Waals surface area contributed by atoms with Gasteiger partial charge in [0.25, 0.3) is 0 Å². The third-order valence-corrected chi connectivity index (χ3v) is 6.17. The normalized spacial score (nSPS) is 14.5. The van der Waals surface area contributed by atoms with Crippen LogP contribution >= 0.6 is 0 Å². The van der Waals surface area contributed by atoms with Gasteiger partial charge in [-0.15, -0.1) is 0 Å². The number of aryl methyl sites for hydroxylation is 1. The van der Waals surface area contributed by atoms with Crippen molar-refractivity contribution in [2.45, 2.75) is 32.9 Å². The second-order valence-corrected chi connectivity index (χ2v) is 10.2. The van der Waals surface area contributed by atoms with E-state index in [-0.39, 0.29) is 5.91 Å². The number of carbonyl (C=O) groups is 2. The van der Waals surface area contributed by atoms with Crippen molar-refractivity contribution in [1.82, 2.24) is 19.7 Å². The number of aromatic nitrogens is 3. The molecule has 3 heterocycles. The summed E-state index contributed by atoms with van der Waals surface area (Å²) in [6.45, 7) is 9.63. The molecule has 0 aliphatic carbocycles. The first-order valence-corrected chi connectivity index (χ1v) is 12.5. The Labute approximate surface area is 222 Å². The fourth-order valence-electron chi connectivity index (χ4n) is 4.31. The average Bonchev–Trinajstić information content (AvgIpc) is 3.30. The Morgan fingerprint density at radius 2 is 1.87 bits per heavy atom. The van der Waals surface area contributed by atoms with Crippen molar-refractivity contribution in [3.05, 3.63) is 66.1 Å². The number of ether oxygens (including phenoxy) is 1. The van der Waals surface area contributed by atoms with E-state index >= 15 is 0 Å². The van der Waals surface area contributed by atoms with Gasteiger partial charge in [-0.2, -0.15) is 5.10 Å². The summed E-state index contributed by atoms with van der Waals surface area (Å²) in [4.78, 5) is 32.6. The summed E-state index contributed by atoms with van der Waals surface area (Å²) >= 11 is 0. The molecular formula is C28H34N6O4. The maximum absolute atomic E-state index is 12.7. The van der Waals surface area contributed by atoms with Crippen LogP contribution in [0.2, 0.25) is 0 Å². The number of nitrogens with zero attached hydrogens (tertiary/aromatic N) is 5. The van der Waals surface area contributed by atoms with Crippen LogP contribution in [-0.2, 0) is 23.1 Å². The molecule has 1 saturated heterocycles. The molecule has 2 aromatic heterocycles. The van der Waals surface area contributed by atoms with E-state index in [4.69, 9.17) is 4.74 Å². The number of benzene rings is 1. The number of pyridine rings is 1. The van der Waals surface area contributed by atoms with Crippen LogP contribution in [0.1, 0.15) is 31.9 Å². The number of anilines is 2. The van der Waals surface area contributed by atoms with Gasteiger partial charge < -0.3 is 15.2 Å². The molecule has 1 aromatic carbocycles. The summed E-state index contributed by atoms with van der Waals surface area (Å²) in [5.41, 5.74) is 3.35. The zero-order chi connectivity index (χ0) is 27.3. The number of amides is 2. The number of carbonyl (C=O) groups excluding carboxylic acids is 1. The molecule has 0 saturated carbocycles. The third kappa shape index (κ3) is 6.84. The van der Waals surface area contributed by atoms with Crippen molar-refractivity contribution in [2.75, 3.05) is 36.5 Å². The monoisotopic (exact) mass is 518 g/mol. The Balaban J connectivity index is 1.51. The van der Waals surface area contributed by atoms with Gasteiger partial charge in [-0.3, -0.25) is 19.3 Å². The molecule has 200 valence electrons. The van der Waals surface area contributed by atoms with Crippen LogP contribution < -0.4 is 10.2 Å². The Hall–Kier alpha value is -4.02. The molecule has 10 heteroatoms. The Morgan fingerprint density at radius 1 is 1.16 bits per heavy atom. The molecule has 2 N–H and O–H groups in total. The molecule has 0 radical (unpaired) electrons. The predicted molar refractivity (Wildman–Crippen MR) is 147 cm³/mol. The van der Waals surface area contributed by atoms with Gasteiger partial charge in [-0.25, -0.2) is 9.78 Å². The van der Waals surface area contributed by atoms with Gasteiger partial charge in [-0.1, -0.05) is 12.1 Å². The maximum atomic E-state index is 12.7. The quantitative estimate of drug-likeness (QED) is 0.450. The van der Waals surface area contributed by atoms with Crippen molar-refractivity contribution < 1.29 is 19.4 Å². The van der Waals surface area contributed by atoms with Crippen LogP contribution in [0.5, 0.6) is 0 Å². The van der Waals surface area contributed by atoms with E-state index in [0.717, 1.165) is 44.0 Å². The molecule has 0 bridgehead atoms. The highest BCUT2D eigenvalue weighted by Crippen LogP contribution is 2.30. The van der Waals surface area contributed by atoms with Crippen molar-refractivity contribution in [2.24, 2.45) is 7.05 Å². The summed E-state index contributed by atoms with van der Waals surface area (Å²) in [5, 5.41) is 16.9. The van der Waals surface area contributed by atoms with Gasteiger partial charge in [0.1, 0.15) is 5.82 Å². The summed E-state index contributed by atoms with van der Waals surface area (Å²) in [6.07, 6.45) is 7.11. The minimum atomic E-state index is -1.10. The Kier molecular flexibility index (Phi) is 8.23. The molecule has 1 aliphatic heterocycles. The van der Waals surface area contributed by atoms with E-state index in [2.05, 4.69) is 20.3 Å². The van der Waals surface area contributed by atoms with Gasteiger partial charge in [0, 0.05) is 67.5 Å². The lowest BCUT2D eigenvalue weighted by molar-refractivity contribution is -0.111. The number of nitrogens with one attached hydrogen (secondary N) is 1. The number of hydrogen-bond acceptors (Lipinski definition) is 6. The van der Waals surface area contributed by atoms with Gasteiger partial charge in [0.2, 0.25) is 5.91 Å². The SMILES string of the molecule is Cn1cc(-c2cc(N(C(=O)O)C(C)(C)C)ncc2C=CC(=O)Nc2ccc(CN3CCOCC3)cc2)cn1. The van der Waals surface area contributed by atoms with Gasteiger partial charge >= 0.3 is 6.09 Å². The van der Waals surface area contributed by atoms with Crippen LogP contribution in [0.25, 0.3) is 17.2 Å². The molecule has 4 rings (SSSR count). The first-order chi connectivity index (χ1) is 18.1. The first kappa shape index (κ1) is 27.0. The summed E-state index contributed by atoms with van der Waals surface area (Å²) in [7, 11) is 1.81. The fourth-order valence-corrected chi connectivity index (χ4v) is 4.31. The molecule has 10 nitrogen and oxygen atoms in total. The molecule has 1 aliphatic rings.